The van der Waals surface area contributed by atoms with E-state index in [1.807, 2.05) is 31.2 Å². The second-order valence-electron chi connectivity index (χ2n) is 4.63. The molecule has 2 rings (SSSR count). The molecule has 0 saturated carbocycles. The predicted molar refractivity (Wildman–Crippen MR) is 85.4 cm³/mol. The molecule has 0 radical (unpaired) electrons. The van der Waals surface area contributed by atoms with Crippen molar-refractivity contribution in [3.05, 3.63) is 59.7 Å². The number of hydrogen-bond donors (Lipinski definition) is 2. The van der Waals surface area contributed by atoms with Gasteiger partial charge in [-0.3, -0.25) is 4.79 Å². The van der Waals surface area contributed by atoms with Gasteiger partial charge in [0, 0.05) is 11.1 Å². The number of nitrogens with one attached hydrogen (secondary N) is 1. The van der Waals surface area contributed by atoms with Gasteiger partial charge in [0.2, 0.25) is 0 Å². The maximum absolute atomic E-state index is 11.9. The maximum atomic E-state index is 11.9. The van der Waals surface area contributed by atoms with Gasteiger partial charge in [-0.15, -0.1) is 0 Å². The van der Waals surface area contributed by atoms with Gasteiger partial charge in [-0.25, -0.2) is 5.43 Å². The normalized spacial score (nSPS) is 10.6. The zero-order chi connectivity index (χ0) is 15.8. The largest absolute Gasteiger partial charge is 0.508 e. The number of para-hydroxylation sites is 1. The van der Waals surface area contributed by atoms with Crippen LogP contribution < -0.4 is 10.2 Å². The summed E-state index contributed by atoms with van der Waals surface area (Å²) in [5.41, 5.74) is 3.66. The van der Waals surface area contributed by atoms with Crippen LogP contribution in [0.15, 0.2) is 53.6 Å². The highest BCUT2D eigenvalue weighted by atomic mass is 16.5. The Kier molecular flexibility index (Phi) is 5.54. The third-order valence-corrected chi connectivity index (χ3v) is 2.88. The molecule has 0 atom stereocenters. The third kappa shape index (κ3) is 4.34. The Labute approximate surface area is 129 Å². The molecule has 5 heteroatoms. The number of carbonyl (C=O) groups is 1. The monoisotopic (exact) mass is 298 g/mol. The lowest BCUT2D eigenvalue weighted by Gasteiger charge is -2.07. The van der Waals surface area contributed by atoms with E-state index in [0.29, 0.717) is 12.2 Å². The summed E-state index contributed by atoms with van der Waals surface area (Å²) in [5, 5.41) is 13.1. The van der Waals surface area contributed by atoms with Crippen molar-refractivity contribution in [2.45, 2.75) is 13.3 Å². The first-order valence-electron chi connectivity index (χ1n) is 7.05. The Morgan fingerprint density at radius 1 is 1.23 bits per heavy atom. The van der Waals surface area contributed by atoms with Crippen LogP contribution in [0.3, 0.4) is 0 Å². The molecule has 2 N–H and O–H groups in total. The van der Waals surface area contributed by atoms with Gasteiger partial charge in [0.15, 0.2) is 0 Å². The van der Waals surface area contributed by atoms with Gasteiger partial charge in [0.05, 0.1) is 12.8 Å². The lowest BCUT2D eigenvalue weighted by atomic mass is 10.2. The zero-order valence-corrected chi connectivity index (χ0v) is 12.3. The van der Waals surface area contributed by atoms with Crippen LogP contribution in [0.25, 0.3) is 0 Å². The molecule has 114 valence electrons. The summed E-state index contributed by atoms with van der Waals surface area (Å²) < 4.78 is 5.61. The molecule has 0 heterocycles. The van der Waals surface area contributed by atoms with E-state index >= 15 is 0 Å². The van der Waals surface area contributed by atoms with Crippen molar-refractivity contribution in [3.63, 3.8) is 0 Å². The minimum absolute atomic E-state index is 0.113. The molecule has 1 amide bonds. The van der Waals surface area contributed by atoms with E-state index in [4.69, 9.17) is 4.74 Å². The fourth-order valence-electron chi connectivity index (χ4n) is 1.77. The van der Waals surface area contributed by atoms with Crippen LogP contribution in [0.1, 0.15) is 29.3 Å². The van der Waals surface area contributed by atoms with E-state index in [9.17, 15) is 9.90 Å². The number of nitrogens with zero attached hydrogens (tertiary/aromatic N) is 1. The van der Waals surface area contributed by atoms with Crippen LogP contribution in [0.4, 0.5) is 0 Å². The Morgan fingerprint density at radius 2 is 1.95 bits per heavy atom. The number of hydrogen-bond acceptors (Lipinski definition) is 4. The number of rotatable bonds is 6. The molecule has 0 aliphatic carbocycles. The Balaban J connectivity index is 2.00. The van der Waals surface area contributed by atoms with Gasteiger partial charge in [-0.05, 0) is 42.8 Å². The minimum atomic E-state index is -0.344. The number of hydrazone groups is 1. The van der Waals surface area contributed by atoms with Crippen LogP contribution in [0.5, 0.6) is 11.5 Å². The molecule has 22 heavy (non-hydrogen) atoms. The second kappa shape index (κ2) is 7.83. The van der Waals surface area contributed by atoms with Gasteiger partial charge >= 0.3 is 0 Å². The molecule has 0 bridgehead atoms. The molecule has 0 unspecified atom stereocenters. The molecule has 0 aromatic heterocycles. The van der Waals surface area contributed by atoms with Crippen molar-refractivity contribution in [2.75, 3.05) is 6.61 Å². The van der Waals surface area contributed by atoms with E-state index in [1.54, 1.807) is 6.21 Å². The smallest absolute Gasteiger partial charge is 0.271 e. The minimum Gasteiger partial charge on any atom is -0.508 e. The summed E-state index contributed by atoms with van der Waals surface area (Å²) >= 11 is 0. The van der Waals surface area contributed by atoms with E-state index in [2.05, 4.69) is 10.5 Å². The lowest BCUT2D eigenvalue weighted by Crippen LogP contribution is -2.17. The van der Waals surface area contributed by atoms with Gasteiger partial charge < -0.3 is 9.84 Å². The summed E-state index contributed by atoms with van der Waals surface area (Å²) in [6.07, 6.45) is 2.46. The Morgan fingerprint density at radius 3 is 2.68 bits per heavy atom. The first kappa shape index (κ1) is 15.6. The highest BCUT2D eigenvalue weighted by Gasteiger charge is 2.04. The number of aromatic hydroxyl groups is 1. The Bertz CT molecular complexity index is 651. The molecule has 0 aliphatic rings. The average Bonchev–Trinajstić information content (AvgIpc) is 2.54. The van der Waals surface area contributed by atoms with Crippen LogP contribution in [0.2, 0.25) is 0 Å². The van der Waals surface area contributed by atoms with Crippen molar-refractivity contribution in [3.8, 4) is 11.5 Å². The quantitative estimate of drug-likeness (QED) is 0.636. The first-order chi connectivity index (χ1) is 10.7. The number of amides is 1. The number of carbonyl (C=O) groups excluding carboxylic acids is 1. The summed E-state index contributed by atoms with van der Waals surface area (Å²) in [5.74, 6) is 0.497. The molecule has 2 aromatic carbocycles. The summed E-state index contributed by atoms with van der Waals surface area (Å²) in [6.45, 7) is 2.67. The lowest BCUT2D eigenvalue weighted by molar-refractivity contribution is 0.0955. The second-order valence-corrected chi connectivity index (χ2v) is 4.63. The molecule has 0 fully saturated rings. The SMILES string of the molecule is CCCOc1ccccc1/C=N/NC(=O)c1ccc(O)cc1. The number of benzene rings is 2. The van der Waals surface area contributed by atoms with E-state index in [-0.39, 0.29) is 11.7 Å². The highest BCUT2D eigenvalue weighted by molar-refractivity contribution is 5.95. The molecule has 5 nitrogen and oxygen atoms in total. The van der Waals surface area contributed by atoms with Gasteiger partial charge in [-0.2, -0.15) is 5.10 Å². The van der Waals surface area contributed by atoms with E-state index < -0.39 is 0 Å². The fraction of sp³-hybridized carbons (Fsp3) is 0.176. The van der Waals surface area contributed by atoms with Crippen molar-refractivity contribution in [2.24, 2.45) is 5.10 Å². The van der Waals surface area contributed by atoms with Crippen LogP contribution in [0, 0.1) is 0 Å². The summed E-state index contributed by atoms with van der Waals surface area (Å²) in [4.78, 5) is 11.9. The third-order valence-electron chi connectivity index (χ3n) is 2.88. The number of phenols is 1. The Hall–Kier alpha value is -2.82. The van der Waals surface area contributed by atoms with E-state index in [0.717, 1.165) is 17.7 Å². The van der Waals surface area contributed by atoms with Gasteiger partial charge in [0.1, 0.15) is 11.5 Å². The van der Waals surface area contributed by atoms with Crippen molar-refractivity contribution >= 4 is 12.1 Å². The van der Waals surface area contributed by atoms with Crippen LogP contribution in [-0.4, -0.2) is 23.8 Å². The predicted octanol–water partition coefficient (Wildman–Crippen LogP) is 2.94. The summed E-state index contributed by atoms with van der Waals surface area (Å²) in [7, 11) is 0. The molecule has 0 saturated heterocycles. The molecular formula is C17H18N2O3. The molecule has 2 aromatic rings. The van der Waals surface area contributed by atoms with Gasteiger partial charge in [-0.1, -0.05) is 19.1 Å². The van der Waals surface area contributed by atoms with Crippen molar-refractivity contribution in [1.82, 2.24) is 5.43 Å². The van der Waals surface area contributed by atoms with Crippen LogP contribution >= 0.6 is 0 Å². The summed E-state index contributed by atoms with van der Waals surface area (Å²) in [6, 6.07) is 13.4. The molecule has 0 aliphatic heterocycles. The van der Waals surface area contributed by atoms with Crippen LogP contribution in [-0.2, 0) is 0 Å². The zero-order valence-electron chi connectivity index (χ0n) is 12.3. The van der Waals surface area contributed by atoms with Crippen molar-refractivity contribution < 1.29 is 14.6 Å². The highest BCUT2D eigenvalue weighted by Crippen LogP contribution is 2.16. The maximum Gasteiger partial charge on any atom is 0.271 e. The molecular weight excluding hydrogens is 280 g/mol. The standard InChI is InChI=1S/C17H18N2O3/c1-2-11-22-16-6-4-3-5-14(16)12-18-19-17(21)13-7-9-15(20)10-8-13/h3-10,12,20H,2,11H2,1H3,(H,19,21)/b18-12+. The van der Waals surface area contributed by atoms with E-state index in [1.165, 1.54) is 24.3 Å². The van der Waals surface area contributed by atoms with Crippen molar-refractivity contribution in [1.29, 1.82) is 0 Å². The number of phenolic OH excluding ortho intramolecular Hbond substituents is 1. The average molecular weight is 298 g/mol. The topological polar surface area (TPSA) is 70.9 Å². The molecule has 0 spiro atoms. The fourth-order valence-corrected chi connectivity index (χ4v) is 1.77. The number of ether oxygens (including phenoxy) is 1. The first-order valence-corrected chi connectivity index (χ1v) is 7.05. The van der Waals surface area contributed by atoms with Gasteiger partial charge in [0.25, 0.3) is 5.91 Å².